The molecule has 2 aliphatic rings. The number of nitrogens with zero attached hydrogens (tertiary/aromatic N) is 4. The van der Waals surface area contributed by atoms with Crippen LogP contribution in [-0.4, -0.2) is 45.3 Å². The molecule has 1 atom stereocenters. The minimum absolute atomic E-state index is 0.344. The lowest BCUT2D eigenvalue weighted by Crippen LogP contribution is -2.24. The van der Waals surface area contributed by atoms with Crippen LogP contribution in [0, 0.1) is 0 Å². The Balaban J connectivity index is 1.44. The molecule has 1 aliphatic carbocycles. The van der Waals surface area contributed by atoms with Gasteiger partial charge in [0, 0.05) is 12.8 Å². The third kappa shape index (κ3) is 3.23. The fourth-order valence-corrected chi connectivity index (χ4v) is 3.79. The second-order valence-electron chi connectivity index (χ2n) is 6.73. The highest BCUT2D eigenvalue weighted by atomic mass is 16.5. The first kappa shape index (κ1) is 15.8. The van der Waals surface area contributed by atoms with Gasteiger partial charge in [0.15, 0.2) is 5.82 Å². The Morgan fingerprint density at radius 1 is 1.25 bits per heavy atom. The van der Waals surface area contributed by atoms with Crippen molar-refractivity contribution in [2.24, 2.45) is 0 Å². The van der Waals surface area contributed by atoms with E-state index in [9.17, 15) is 0 Å². The molecule has 0 amide bonds. The number of nitrogens with one attached hydrogen (secondary N) is 1. The standard InChI is InChI=1S/C17H25N5O2/c1-23-10-8-16-20-15(21-24-16)11-22-9-4-7-14(22)17-18-12-5-2-3-6-13(12)19-17/h14H,2-11H2,1H3,(H,18,19). The summed E-state index contributed by atoms with van der Waals surface area (Å²) in [6, 6.07) is 0.344. The van der Waals surface area contributed by atoms with Crippen molar-refractivity contribution in [3.8, 4) is 0 Å². The molecule has 0 bridgehead atoms. The predicted octanol–water partition coefficient (Wildman–Crippen LogP) is 2.20. The van der Waals surface area contributed by atoms with Gasteiger partial charge in [-0.15, -0.1) is 0 Å². The Morgan fingerprint density at radius 2 is 2.17 bits per heavy atom. The number of H-pyrrole nitrogens is 1. The highest BCUT2D eigenvalue weighted by molar-refractivity contribution is 5.19. The monoisotopic (exact) mass is 331 g/mol. The van der Waals surface area contributed by atoms with Crippen LogP contribution in [0.25, 0.3) is 0 Å². The van der Waals surface area contributed by atoms with Crippen molar-refractivity contribution in [3.05, 3.63) is 28.9 Å². The first-order valence-electron chi connectivity index (χ1n) is 8.95. The van der Waals surface area contributed by atoms with Gasteiger partial charge in [0.1, 0.15) is 5.82 Å². The number of aromatic amines is 1. The van der Waals surface area contributed by atoms with Gasteiger partial charge < -0.3 is 14.2 Å². The first-order chi connectivity index (χ1) is 11.8. The van der Waals surface area contributed by atoms with Crippen molar-refractivity contribution in [1.29, 1.82) is 0 Å². The van der Waals surface area contributed by atoms with Gasteiger partial charge in [0.25, 0.3) is 0 Å². The Hall–Kier alpha value is -1.73. The summed E-state index contributed by atoms with van der Waals surface area (Å²) in [5.41, 5.74) is 2.63. The lowest BCUT2D eigenvalue weighted by molar-refractivity contribution is 0.191. The van der Waals surface area contributed by atoms with E-state index in [4.69, 9.17) is 14.2 Å². The summed E-state index contributed by atoms with van der Waals surface area (Å²) in [5, 5.41) is 4.11. The van der Waals surface area contributed by atoms with E-state index in [0.717, 1.165) is 37.5 Å². The smallest absolute Gasteiger partial charge is 0.229 e. The number of aromatic nitrogens is 4. The van der Waals surface area contributed by atoms with E-state index in [2.05, 4.69) is 20.0 Å². The average molecular weight is 331 g/mol. The van der Waals surface area contributed by atoms with Crippen LogP contribution in [0.15, 0.2) is 4.52 Å². The van der Waals surface area contributed by atoms with Crippen LogP contribution in [0.4, 0.5) is 0 Å². The number of imidazole rings is 1. The molecule has 7 nitrogen and oxygen atoms in total. The van der Waals surface area contributed by atoms with E-state index in [-0.39, 0.29) is 0 Å². The molecule has 1 N–H and O–H groups in total. The normalized spacial score (nSPS) is 21.3. The van der Waals surface area contributed by atoms with Gasteiger partial charge in [0.05, 0.1) is 31.3 Å². The van der Waals surface area contributed by atoms with Gasteiger partial charge in [-0.25, -0.2) is 4.98 Å². The third-order valence-electron chi connectivity index (χ3n) is 5.03. The van der Waals surface area contributed by atoms with E-state index in [1.165, 1.54) is 30.7 Å². The van der Waals surface area contributed by atoms with Crippen LogP contribution >= 0.6 is 0 Å². The maximum Gasteiger partial charge on any atom is 0.229 e. The van der Waals surface area contributed by atoms with Crippen LogP contribution in [0.5, 0.6) is 0 Å². The first-order valence-corrected chi connectivity index (χ1v) is 8.95. The lowest BCUT2D eigenvalue weighted by atomic mass is 10.0. The molecule has 1 aliphatic heterocycles. The predicted molar refractivity (Wildman–Crippen MR) is 87.5 cm³/mol. The zero-order chi connectivity index (χ0) is 16.4. The SMILES string of the molecule is COCCc1nc(CN2CCCC2c2nc3c([nH]2)CCCC3)no1. The van der Waals surface area contributed by atoms with Crippen molar-refractivity contribution >= 4 is 0 Å². The largest absolute Gasteiger partial charge is 0.384 e. The number of hydrogen-bond acceptors (Lipinski definition) is 6. The van der Waals surface area contributed by atoms with Gasteiger partial charge in [-0.1, -0.05) is 5.16 Å². The zero-order valence-corrected chi connectivity index (χ0v) is 14.3. The highest BCUT2D eigenvalue weighted by Gasteiger charge is 2.30. The van der Waals surface area contributed by atoms with Crippen LogP contribution in [0.1, 0.15) is 60.7 Å². The van der Waals surface area contributed by atoms with Gasteiger partial charge in [0.2, 0.25) is 5.89 Å². The molecular weight excluding hydrogens is 306 g/mol. The molecule has 0 spiro atoms. The molecular formula is C17H25N5O2. The van der Waals surface area contributed by atoms with E-state index in [1.54, 1.807) is 7.11 Å². The average Bonchev–Trinajstić information content (AvgIpc) is 3.32. The molecule has 2 aromatic heterocycles. The summed E-state index contributed by atoms with van der Waals surface area (Å²) in [6.45, 7) is 2.37. The molecule has 0 saturated carbocycles. The summed E-state index contributed by atoms with van der Waals surface area (Å²) >= 11 is 0. The molecule has 24 heavy (non-hydrogen) atoms. The second kappa shape index (κ2) is 7.03. The topological polar surface area (TPSA) is 80.1 Å². The number of ether oxygens (including phenoxy) is 1. The fraction of sp³-hybridized carbons (Fsp3) is 0.706. The van der Waals surface area contributed by atoms with E-state index < -0.39 is 0 Å². The zero-order valence-electron chi connectivity index (χ0n) is 14.3. The summed E-state index contributed by atoms with van der Waals surface area (Å²) in [4.78, 5) is 15.4. The number of methoxy groups -OCH3 is 1. The maximum atomic E-state index is 5.29. The maximum absolute atomic E-state index is 5.29. The van der Waals surface area contributed by atoms with Gasteiger partial charge in [-0.3, -0.25) is 4.90 Å². The Kier molecular flexibility index (Phi) is 4.62. The fourth-order valence-electron chi connectivity index (χ4n) is 3.79. The van der Waals surface area contributed by atoms with Gasteiger partial charge in [-0.05, 0) is 45.1 Å². The third-order valence-corrected chi connectivity index (χ3v) is 5.03. The second-order valence-corrected chi connectivity index (χ2v) is 6.73. The van der Waals surface area contributed by atoms with E-state index in [1.807, 2.05) is 0 Å². The van der Waals surface area contributed by atoms with E-state index in [0.29, 0.717) is 31.5 Å². The molecule has 7 heteroatoms. The number of hydrogen-bond donors (Lipinski definition) is 1. The highest BCUT2D eigenvalue weighted by Crippen LogP contribution is 2.33. The number of likely N-dealkylation sites (tertiary alicyclic amines) is 1. The summed E-state index contributed by atoms with van der Waals surface area (Å²) in [5.74, 6) is 2.53. The number of rotatable bonds is 6. The van der Waals surface area contributed by atoms with Crippen LogP contribution in [-0.2, 0) is 30.5 Å². The van der Waals surface area contributed by atoms with Gasteiger partial charge in [-0.2, -0.15) is 4.98 Å². The van der Waals surface area contributed by atoms with E-state index >= 15 is 0 Å². The van der Waals surface area contributed by atoms with Crippen LogP contribution in [0.3, 0.4) is 0 Å². The minimum Gasteiger partial charge on any atom is -0.384 e. The van der Waals surface area contributed by atoms with Crippen molar-refractivity contribution in [3.63, 3.8) is 0 Å². The van der Waals surface area contributed by atoms with Gasteiger partial charge >= 0.3 is 0 Å². The summed E-state index contributed by atoms with van der Waals surface area (Å²) < 4.78 is 10.3. The van der Waals surface area contributed by atoms with Crippen molar-refractivity contribution < 1.29 is 9.26 Å². The molecule has 1 unspecified atom stereocenters. The molecule has 1 fully saturated rings. The van der Waals surface area contributed by atoms with Crippen molar-refractivity contribution in [2.45, 2.75) is 57.5 Å². The van der Waals surface area contributed by atoms with Crippen molar-refractivity contribution in [1.82, 2.24) is 25.0 Å². The Morgan fingerprint density at radius 3 is 3.04 bits per heavy atom. The molecule has 0 aromatic carbocycles. The quantitative estimate of drug-likeness (QED) is 0.874. The molecule has 3 heterocycles. The van der Waals surface area contributed by atoms with Crippen molar-refractivity contribution in [2.75, 3.05) is 20.3 Å². The van der Waals surface area contributed by atoms with Crippen LogP contribution < -0.4 is 0 Å². The molecule has 2 aromatic rings. The lowest BCUT2D eigenvalue weighted by Gasteiger charge is -2.20. The number of aryl methyl sites for hydroxylation is 2. The molecule has 1 saturated heterocycles. The Bertz CT molecular complexity index is 657. The summed E-state index contributed by atoms with van der Waals surface area (Å²) in [7, 11) is 1.68. The number of fused-ring (bicyclic) bond motifs is 1. The molecule has 130 valence electrons. The molecule has 4 rings (SSSR count). The van der Waals surface area contributed by atoms with Crippen LogP contribution in [0.2, 0.25) is 0 Å². The minimum atomic E-state index is 0.344. The Labute approximate surface area is 141 Å². The summed E-state index contributed by atoms with van der Waals surface area (Å²) in [6.07, 6.45) is 7.78. The molecule has 0 radical (unpaired) electrons.